The molecule has 6 nitrogen and oxygen atoms in total. The smallest absolute Gasteiger partial charge is 0.257 e. The van der Waals surface area contributed by atoms with Crippen molar-refractivity contribution < 1.29 is 27.8 Å². The Labute approximate surface area is 180 Å². The average molecular weight is 432 g/mol. The fourth-order valence-electron chi connectivity index (χ4n) is 3.45. The van der Waals surface area contributed by atoms with Crippen molar-refractivity contribution in [1.29, 1.82) is 0 Å². The van der Waals surface area contributed by atoms with Crippen LogP contribution < -0.4 is 14.8 Å². The lowest BCUT2D eigenvalue weighted by Gasteiger charge is -2.30. The third-order valence-electron chi connectivity index (χ3n) is 5.11. The molecule has 0 saturated carbocycles. The largest absolute Gasteiger partial charge is 0.486 e. The van der Waals surface area contributed by atoms with E-state index in [1.807, 2.05) is 19.1 Å². The molecule has 1 heterocycles. The van der Waals surface area contributed by atoms with E-state index in [0.29, 0.717) is 31.3 Å². The van der Waals surface area contributed by atoms with E-state index < -0.39 is 29.1 Å². The van der Waals surface area contributed by atoms with Crippen LogP contribution in [0.5, 0.6) is 11.5 Å². The van der Waals surface area contributed by atoms with E-state index in [0.717, 1.165) is 17.7 Å². The first-order valence-corrected chi connectivity index (χ1v) is 10.2. The summed E-state index contributed by atoms with van der Waals surface area (Å²) in [7, 11) is 0. The number of carbonyl (C=O) groups is 2. The number of para-hydroxylation sites is 1. The van der Waals surface area contributed by atoms with Crippen LogP contribution >= 0.6 is 0 Å². The van der Waals surface area contributed by atoms with Crippen LogP contribution in [0.15, 0.2) is 36.4 Å². The van der Waals surface area contributed by atoms with Crippen LogP contribution in [-0.2, 0) is 11.3 Å². The van der Waals surface area contributed by atoms with Crippen molar-refractivity contribution in [3.05, 3.63) is 59.2 Å². The zero-order valence-electron chi connectivity index (χ0n) is 17.8. The van der Waals surface area contributed by atoms with Gasteiger partial charge in [0.25, 0.3) is 5.91 Å². The van der Waals surface area contributed by atoms with Gasteiger partial charge in [-0.1, -0.05) is 32.0 Å². The van der Waals surface area contributed by atoms with Crippen molar-refractivity contribution >= 4 is 11.8 Å². The Balaban J connectivity index is 1.81. The number of halogens is 2. The van der Waals surface area contributed by atoms with Gasteiger partial charge in [0.05, 0.1) is 0 Å². The molecule has 3 rings (SSSR count). The average Bonchev–Trinajstić information content (AvgIpc) is 2.75. The molecule has 8 heteroatoms. The van der Waals surface area contributed by atoms with Gasteiger partial charge in [-0.2, -0.15) is 0 Å². The molecule has 1 N–H and O–H groups in total. The lowest BCUT2D eigenvalue weighted by molar-refractivity contribution is -0.134. The van der Waals surface area contributed by atoms with Crippen molar-refractivity contribution in [2.24, 2.45) is 5.92 Å². The highest BCUT2D eigenvalue weighted by Crippen LogP contribution is 2.34. The molecule has 0 bridgehead atoms. The molecule has 0 spiro atoms. The van der Waals surface area contributed by atoms with E-state index in [9.17, 15) is 18.4 Å². The second kappa shape index (κ2) is 9.76. The highest BCUT2D eigenvalue weighted by molar-refractivity contribution is 5.98. The Morgan fingerprint density at radius 2 is 1.71 bits per heavy atom. The Morgan fingerprint density at radius 1 is 1.06 bits per heavy atom. The van der Waals surface area contributed by atoms with Gasteiger partial charge in [-0.15, -0.1) is 0 Å². The zero-order valence-corrected chi connectivity index (χ0v) is 17.8. The number of carbonyl (C=O) groups excluding carboxylic acids is 2. The molecule has 31 heavy (non-hydrogen) atoms. The normalized spacial score (nSPS) is 13.6. The minimum Gasteiger partial charge on any atom is -0.486 e. The molecule has 1 aliphatic heterocycles. The second-order valence-corrected chi connectivity index (χ2v) is 7.59. The van der Waals surface area contributed by atoms with Gasteiger partial charge in [0.1, 0.15) is 36.5 Å². The van der Waals surface area contributed by atoms with E-state index in [1.54, 1.807) is 24.8 Å². The SMILES string of the molecule is CCN(Cc1cccc2c1OCCO2)C(=O)C(NC(=O)c1c(F)cccc1F)C(C)C. The minimum atomic E-state index is -0.979. The topological polar surface area (TPSA) is 67.9 Å². The van der Waals surface area contributed by atoms with Gasteiger partial charge >= 0.3 is 0 Å². The summed E-state index contributed by atoms with van der Waals surface area (Å²) in [4.78, 5) is 27.4. The number of hydrogen-bond acceptors (Lipinski definition) is 4. The maximum absolute atomic E-state index is 14.0. The van der Waals surface area contributed by atoms with E-state index in [2.05, 4.69) is 5.32 Å². The summed E-state index contributed by atoms with van der Waals surface area (Å²) in [6, 6.07) is 7.70. The molecule has 2 aromatic carbocycles. The molecule has 2 amide bonds. The molecule has 166 valence electrons. The predicted molar refractivity (Wildman–Crippen MR) is 111 cm³/mol. The first-order valence-electron chi connectivity index (χ1n) is 10.2. The van der Waals surface area contributed by atoms with Crippen LogP contribution in [0.25, 0.3) is 0 Å². The molecule has 0 aromatic heterocycles. The summed E-state index contributed by atoms with van der Waals surface area (Å²) in [5.74, 6) is -2.36. The summed E-state index contributed by atoms with van der Waals surface area (Å²) in [5.41, 5.74) is 0.0769. The molecule has 0 radical (unpaired) electrons. The van der Waals surface area contributed by atoms with Crippen LogP contribution in [0, 0.1) is 17.6 Å². The van der Waals surface area contributed by atoms with Gasteiger partial charge in [-0.3, -0.25) is 9.59 Å². The molecular formula is C23H26F2N2O4. The lowest BCUT2D eigenvalue weighted by Crippen LogP contribution is -2.51. The van der Waals surface area contributed by atoms with Gasteiger partial charge in [-0.25, -0.2) is 8.78 Å². The highest BCUT2D eigenvalue weighted by Gasteiger charge is 2.31. The molecule has 0 aliphatic carbocycles. The maximum Gasteiger partial charge on any atom is 0.257 e. The Hall–Kier alpha value is -3.16. The van der Waals surface area contributed by atoms with Crippen LogP contribution in [0.1, 0.15) is 36.7 Å². The van der Waals surface area contributed by atoms with E-state index in [-0.39, 0.29) is 18.4 Å². The molecule has 0 fully saturated rings. The lowest BCUT2D eigenvalue weighted by atomic mass is 10.0. The number of likely N-dealkylation sites (N-methyl/N-ethyl adjacent to an activating group) is 1. The molecule has 1 unspecified atom stereocenters. The zero-order chi connectivity index (χ0) is 22.5. The van der Waals surface area contributed by atoms with Crippen molar-refractivity contribution in [2.75, 3.05) is 19.8 Å². The molecule has 1 atom stereocenters. The summed E-state index contributed by atoms with van der Waals surface area (Å²) >= 11 is 0. The molecular weight excluding hydrogens is 406 g/mol. The fraction of sp³-hybridized carbons (Fsp3) is 0.391. The van der Waals surface area contributed by atoms with Crippen molar-refractivity contribution in [2.45, 2.75) is 33.4 Å². The molecule has 1 aliphatic rings. The molecule has 2 aromatic rings. The number of benzene rings is 2. The summed E-state index contributed by atoms with van der Waals surface area (Å²) < 4.78 is 39.3. The summed E-state index contributed by atoms with van der Waals surface area (Å²) in [6.07, 6.45) is 0. The van der Waals surface area contributed by atoms with Crippen molar-refractivity contribution in [1.82, 2.24) is 10.2 Å². The van der Waals surface area contributed by atoms with Gasteiger partial charge < -0.3 is 19.7 Å². The van der Waals surface area contributed by atoms with E-state index >= 15 is 0 Å². The number of hydrogen-bond donors (Lipinski definition) is 1. The summed E-state index contributed by atoms with van der Waals surface area (Å²) in [5, 5.41) is 2.51. The number of nitrogens with one attached hydrogen (secondary N) is 1. The van der Waals surface area contributed by atoms with Crippen LogP contribution in [0.4, 0.5) is 8.78 Å². The van der Waals surface area contributed by atoms with E-state index in [1.165, 1.54) is 6.07 Å². The number of amides is 2. The number of ether oxygens (including phenoxy) is 2. The first kappa shape index (κ1) is 22.5. The Morgan fingerprint density at radius 3 is 2.35 bits per heavy atom. The standard InChI is InChI=1S/C23H26F2N2O4/c1-4-27(13-15-7-5-10-18-21(15)31-12-11-30-18)23(29)20(14(2)3)26-22(28)19-16(24)8-6-9-17(19)25/h5-10,14,20H,4,11-13H2,1-3H3,(H,26,28). The van der Waals surface area contributed by atoms with E-state index in [4.69, 9.17) is 9.47 Å². The van der Waals surface area contributed by atoms with Crippen molar-refractivity contribution in [3.8, 4) is 11.5 Å². The quantitative estimate of drug-likeness (QED) is 0.727. The van der Waals surface area contributed by atoms with Gasteiger partial charge in [-0.05, 0) is 31.0 Å². The Bertz CT molecular complexity index is 944. The highest BCUT2D eigenvalue weighted by atomic mass is 19.1. The molecule has 0 saturated heterocycles. The van der Waals surface area contributed by atoms with Gasteiger partial charge in [0, 0.05) is 18.7 Å². The second-order valence-electron chi connectivity index (χ2n) is 7.59. The first-order chi connectivity index (χ1) is 14.8. The minimum absolute atomic E-state index is 0.245. The number of nitrogens with zero attached hydrogens (tertiary/aromatic N) is 1. The maximum atomic E-state index is 14.0. The number of fused-ring (bicyclic) bond motifs is 1. The predicted octanol–water partition coefficient (Wildman–Crippen LogP) is 3.54. The fourth-order valence-corrected chi connectivity index (χ4v) is 3.45. The van der Waals surface area contributed by atoms with Crippen LogP contribution in [0.3, 0.4) is 0 Å². The van der Waals surface area contributed by atoms with Crippen LogP contribution in [0.2, 0.25) is 0 Å². The van der Waals surface area contributed by atoms with Gasteiger partial charge in [0.2, 0.25) is 5.91 Å². The third kappa shape index (κ3) is 4.95. The monoisotopic (exact) mass is 432 g/mol. The van der Waals surface area contributed by atoms with Crippen molar-refractivity contribution in [3.63, 3.8) is 0 Å². The Kier molecular flexibility index (Phi) is 7.09. The third-order valence-corrected chi connectivity index (χ3v) is 5.11. The van der Waals surface area contributed by atoms with Gasteiger partial charge in [0.15, 0.2) is 11.5 Å². The number of rotatable bonds is 7. The summed E-state index contributed by atoms with van der Waals surface area (Å²) in [6.45, 7) is 6.83. The van der Waals surface area contributed by atoms with Crippen LogP contribution in [-0.4, -0.2) is 42.5 Å².